The summed E-state index contributed by atoms with van der Waals surface area (Å²) in [5.41, 5.74) is 1.81. The third-order valence-corrected chi connectivity index (χ3v) is 8.36. The number of aryl methyl sites for hydroxylation is 3. The summed E-state index contributed by atoms with van der Waals surface area (Å²) in [6, 6.07) is 5.37. The molecule has 3 heterocycles. The maximum atomic E-state index is 13.8. The highest BCUT2D eigenvalue weighted by Crippen LogP contribution is 2.29. The quantitative estimate of drug-likeness (QED) is 0.486. The van der Waals surface area contributed by atoms with Crippen LogP contribution in [0.25, 0.3) is 15.9 Å². The Morgan fingerprint density at radius 2 is 1.86 bits per heavy atom. The van der Waals surface area contributed by atoms with Crippen molar-refractivity contribution in [2.24, 2.45) is 0 Å². The summed E-state index contributed by atoms with van der Waals surface area (Å²) in [5, 5.41) is 3.14. The van der Waals surface area contributed by atoms with Crippen LogP contribution in [-0.2, 0) is 16.1 Å². The Labute approximate surface area is 219 Å². The van der Waals surface area contributed by atoms with E-state index in [-0.39, 0.29) is 29.8 Å². The zero-order valence-corrected chi connectivity index (χ0v) is 22.9. The number of nitrogens with one attached hydrogen (secondary N) is 1. The molecule has 0 bridgehead atoms. The van der Waals surface area contributed by atoms with Crippen molar-refractivity contribution in [3.63, 3.8) is 0 Å². The van der Waals surface area contributed by atoms with E-state index in [0.29, 0.717) is 47.2 Å². The number of hydrogen-bond acceptors (Lipinski definition) is 6. The van der Waals surface area contributed by atoms with E-state index in [1.807, 2.05) is 33.8 Å². The van der Waals surface area contributed by atoms with Gasteiger partial charge in [-0.05, 0) is 76.3 Å². The van der Waals surface area contributed by atoms with Crippen molar-refractivity contribution in [3.05, 3.63) is 60.6 Å². The van der Waals surface area contributed by atoms with Crippen molar-refractivity contribution in [3.8, 4) is 5.69 Å². The molecule has 1 aliphatic rings. The second-order valence-corrected chi connectivity index (χ2v) is 10.4. The van der Waals surface area contributed by atoms with Gasteiger partial charge in [-0.1, -0.05) is 6.07 Å². The van der Waals surface area contributed by atoms with Crippen LogP contribution in [0.5, 0.6) is 0 Å². The Morgan fingerprint density at radius 3 is 2.49 bits per heavy atom. The topological polar surface area (TPSA) is 103 Å². The van der Waals surface area contributed by atoms with Crippen molar-refractivity contribution in [2.75, 3.05) is 26.2 Å². The van der Waals surface area contributed by atoms with E-state index in [9.17, 15) is 19.2 Å². The minimum Gasteiger partial charge on any atom is -0.376 e. The van der Waals surface area contributed by atoms with Crippen LogP contribution in [0.1, 0.15) is 53.1 Å². The molecule has 9 nitrogen and oxygen atoms in total. The van der Waals surface area contributed by atoms with Gasteiger partial charge in [-0.2, -0.15) is 0 Å². The molecule has 1 aromatic carbocycles. The number of aromatic nitrogens is 2. The van der Waals surface area contributed by atoms with Crippen LogP contribution in [0.3, 0.4) is 0 Å². The molecule has 1 aliphatic heterocycles. The summed E-state index contributed by atoms with van der Waals surface area (Å²) >= 11 is 1.09. The average Bonchev–Trinajstić information content (AvgIpc) is 3.51. The molecular formula is C27H34N4O5S. The Hall–Kier alpha value is -3.24. The molecular weight excluding hydrogens is 492 g/mol. The van der Waals surface area contributed by atoms with E-state index in [1.165, 1.54) is 4.57 Å². The molecule has 3 aromatic rings. The molecule has 2 amide bonds. The number of fused-ring (bicyclic) bond motifs is 1. The lowest BCUT2D eigenvalue weighted by Gasteiger charge is -2.17. The first-order valence-corrected chi connectivity index (χ1v) is 13.5. The monoisotopic (exact) mass is 526 g/mol. The van der Waals surface area contributed by atoms with Crippen molar-refractivity contribution in [1.82, 2.24) is 19.4 Å². The van der Waals surface area contributed by atoms with Crippen LogP contribution in [0.4, 0.5) is 0 Å². The molecule has 0 aliphatic carbocycles. The molecule has 10 heteroatoms. The van der Waals surface area contributed by atoms with Gasteiger partial charge in [0.05, 0.1) is 22.1 Å². The summed E-state index contributed by atoms with van der Waals surface area (Å²) in [7, 11) is 0. The Balaban J connectivity index is 1.88. The van der Waals surface area contributed by atoms with Crippen molar-refractivity contribution >= 4 is 33.4 Å². The number of rotatable bonds is 8. The van der Waals surface area contributed by atoms with Gasteiger partial charge in [0.25, 0.3) is 11.5 Å². The smallest absolute Gasteiger partial charge is 0.337 e. The van der Waals surface area contributed by atoms with Gasteiger partial charge in [0.15, 0.2) is 0 Å². The van der Waals surface area contributed by atoms with Crippen molar-refractivity contribution in [2.45, 2.75) is 60.1 Å². The third kappa shape index (κ3) is 5.13. The van der Waals surface area contributed by atoms with E-state index in [1.54, 1.807) is 24.0 Å². The van der Waals surface area contributed by atoms with Crippen LogP contribution < -0.4 is 16.6 Å². The predicted octanol–water partition coefficient (Wildman–Crippen LogP) is 2.92. The fourth-order valence-electron chi connectivity index (χ4n) is 4.67. The Morgan fingerprint density at radius 1 is 1.14 bits per heavy atom. The maximum Gasteiger partial charge on any atom is 0.337 e. The summed E-state index contributed by atoms with van der Waals surface area (Å²) in [6.45, 7) is 11.2. The average molecular weight is 527 g/mol. The molecule has 0 radical (unpaired) electrons. The van der Waals surface area contributed by atoms with Gasteiger partial charge in [0.1, 0.15) is 11.4 Å². The van der Waals surface area contributed by atoms with Crippen molar-refractivity contribution in [1.29, 1.82) is 0 Å². The van der Waals surface area contributed by atoms with E-state index >= 15 is 0 Å². The zero-order chi connectivity index (χ0) is 26.9. The van der Waals surface area contributed by atoms with Gasteiger partial charge in [0, 0.05) is 26.2 Å². The second-order valence-electron chi connectivity index (χ2n) is 9.43. The molecule has 4 rings (SSSR count). The lowest BCUT2D eigenvalue weighted by Crippen LogP contribution is -2.42. The highest BCUT2D eigenvalue weighted by Gasteiger charge is 2.26. The molecule has 0 unspecified atom stereocenters. The first-order valence-electron chi connectivity index (χ1n) is 12.7. The number of amides is 2. The van der Waals surface area contributed by atoms with E-state index < -0.39 is 11.2 Å². The van der Waals surface area contributed by atoms with E-state index in [4.69, 9.17) is 4.74 Å². The predicted molar refractivity (Wildman–Crippen MR) is 145 cm³/mol. The first-order chi connectivity index (χ1) is 17.7. The fourth-order valence-corrected chi connectivity index (χ4v) is 5.93. The molecule has 1 atom stereocenters. The van der Waals surface area contributed by atoms with Crippen LogP contribution in [0.2, 0.25) is 0 Å². The van der Waals surface area contributed by atoms with Gasteiger partial charge in [0.2, 0.25) is 5.91 Å². The number of ether oxygens (including phenoxy) is 1. The maximum absolute atomic E-state index is 13.8. The molecule has 0 saturated carbocycles. The van der Waals surface area contributed by atoms with Gasteiger partial charge in [-0.15, -0.1) is 11.3 Å². The minimum atomic E-state index is -0.615. The molecule has 198 valence electrons. The highest BCUT2D eigenvalue weighted by atomic mass is 32.1. The number of benzene rings is 1. The van der Waals surface area contributed by atoms with Crippen LogP contribution >= 0.6 is 11.3 Å². The van der Waals surface area contributed by atoms with Crippen LogP contribution in [0.15, 0.2) is 27.8 Å². The summed E-state index contributed by atoms with van der Waals surface area (Å²) in [5.74, 6) is -0.547. The van der Waals surface area contributed by atoms with Crippen LogP contribution in [-0.4, -0.2) is 58.2 Å². The molecule has 1 fully saturated rings. The molecule has 0 spiro atoms. The largest absolute Gasteiger partial charge is 0.376 e. The number of carbonyl (C=O) groups is 2. The summed E-state index contributed by atoms with van der Waals surface area (Å²) < 4.78 is 8.00. The Kier molecular flexibility index (Phi) is 7.99. The lowest BCUT2D eigenvalue weighted by atomic mass is 10.1. The standard InChI is InChI=1S/C27H34N4O5S/c1-6-29(7-2)25(34)23-18(5)22-24(33)31(19-11-10-16(3)17(4)13-19)27(35)30(26(22)37-23)15-21(32)28-14-20-9-8-12-36-20/h10-11,13,20H,6-9,12,14-15H2,1-5H3,(H,28,32)/t20-/m0/s1. The van der Waals surface area contributed by atoms with E-state index in [2.05, 4.69) is 5.32 Å². The number of thiophene rings is 1. The van der Waals surface area contributed by atoms with Crippen LogP contribution in [0, 0.1) is 20.8 Å². The molecule has 2 aromatic heterocycles. The third-order valence-electron chi connectivity index (χ3n) is 7.06. The Bertz CT molecular complexity index is 1460. The van der Waals surface area contributed by atoms with Gasteiger partial charge in [-0.3, -0.25) is 19.0 Å². The van der Waals surface area contributed by atoms with Gasteiger partial charge < -0.3 is 15.0 Å². The number of carbonyl (C=O) groups excluding carboxylic acids is 2. The fraction of sp³-hybridized carbons (Fsp3) is 0.481. The minimum absolute atomic E-state index is 0.0348. The number of hydrogen-bond donors (Lipinski definition) is 1. The van der Waals surface area contributed by atoms with Gasteiger partial charge in [-0.25, -0.2) is 9.36 Å². The molecule has 37 heavy (non-hydrogen) atoms. The molecule has 1 N–H and O–H groups in total. The normalized spacial score (nSPS) is 15.3. The highest BCUT2D eigenvalue weighted by molar-refractivity contribution is 7.20. The lowest BCUT2D eigenvalue weighted by molar-refractivity contribution is -0.122. The molecule has 1 saturated heterocycles. The van der Waals surface area contributed by atoms with Gasteiger partial charge >= 0.3 is 5.69 Å². The van der Waals surface area contributed by atoms with Crippen molar-refractivity contribution < 1.29 is 14.3 Å². The number of nitrogens with zero attached hydrogens (tertiary/aromatic N) is 3. The zero-order valence-electron chi connectivity index (χ0n) is 22.1. The second kappa shape index (κ2) is 11.0. The summed E-state index contributed by atoms with van der Waals surface area (Å²) in [4.78, 5) is 56.1. The van der Waals surface area contributed by atoms with E-state index in [0.717, 1.165) is 39.9 Å². The first kappa shape index (κ1) is 26.8. The summed E-state index contributed by atoms with van der Waals surface area (Å²) in [6.07, 6.45) is 1.80. The SMILES string of the molecule is CCN(CC)C(=O)c1sc2c(c1C)c(=O)n(-c1ccc(C)c(C)c1)c(=O)n2CC(=O)NC[C@@H]1CCCO1.